The number of carbonyl (C=O) groups excluding carboxylic acids is 1. The van der Waals surface area contributed by atoms with Crippen LogP contribution in [0.2, 0.25) is 0 Å². The summed E-state index contributed by atoms with van der Waals surface area (Å²) in [4.78, 5) is 25.2. The smallest absolute Gasteiger partial charge is 0.331 e. The van der Waals surface area contributed by atoms with Crippen molar-refractivity contribution >= 4 is 11.9 Å². The molecule has 1 amide bonds. The van der Waals surface area contributed by atoms with Crippen molar-refractivity contribution in [2.45, 2.75) is 31.5 Å². The number of nitrogens with one attached hydrogen (secondary N) is 1. The molecule has 0 bridgehead atoms. The summed E-state index contributed by atoms with van der Waals surface area (Å²) in [5.74, 6) is -1.07. The van der Waals surface area contributed by atoms with Crippen LogP contribution in [0.1, 0.15) is 40.6 Å². The maximum Gasteiger partial charge on any atom is 0.331 e. The lowest BCUT2D eigenvalue weighted by Gasteiger charge is -2.19. The van der Waals surface area contributed by atoms with E-state index in [-0.39, 0.29) is 24.3 Å². The minimum absolute atomic E-state index is 0.120. The first-order chi connectivity index (χ1) is 18.5. The van der Waals surface area contributed by atoms with E-state index in [0.29, 0.717) is 24.3 Å². The summed E-state index contributed by atoms with van der Waals surface area (Å²) < 4.78 is 6.10. The fourth-order valence-electron chi connectivity index (χ4n) is 4.81. The molecule has 4 N–H and O–H groups in total. The number of aliphatic carboxylic acids is 1. The number of nitrogens with two attached hydrogens (primary N) is 1. The topological polar surface area (TPSA) is 102 Å². The van der Waals surface area contributed by atoms with Crippen molar-refractivity contribution in [2.24, 2.45) is 11.7 Å². The highest BCUT2D eigenvalue weighted by atomic mass is 16.5. The first-order valence-electron chi connectivity index (χ1n) is 12.7. The molecule has 5 rings (SSSR count). The lowest BCUT2D eigenvalue weighted by atomic mass is 10.0. The molecular formula is C32H30N2O4. The van der Waals surface area contributed by atoms with Crippen LogP contribution in [-0.2, 0) is 22.7 Å². The zero-order valence-electron chi connectivity index (χ0n) is 20.9. The van der Waals surface area contributed by atoms with Crippen molar-refractivity contribution in [3.63, 3.8) is 0 Å². The van der Waals surface area contributed by atoms with E-state index in [1.54, 1.807) is 24.3 Å². The number of ether oxygens (including phenoxy) is 1. The number of para-hydroxylation sites is 1. The van der Waals surface area contributed by atoms with Gasteiger partial charge in [-0.2, -0.15) is 0 Å². The lowest BCUT2D eigenvalue weighted by molar-refractivity contribution is -0.142. The van der Waals surface area contributed by atoms with Crippen molar-refractivity contribution in [2.75, 3.05) is 0 Å². The Balaban J connectivity index is 1.29. The van der Waals surface area contributed by atoms with Gasteiger partial charge in [-0.1, -0.05) is 84.9 Å². The maximum atomic E-state index is 13.0. The summed E-state index contributed by atoms with van der Waals surface area (Å²) in [5, 5.41) is 12.7. The molecular weight excluding hydrogens is 476 g/mol. The Kier molecular flexibility index (Phi) is 7.52. The number of carboxylic acids is 1. The monoisotopic (exact) mass is 506 g/mol. The highest BCUT2D eigenvalue weighted by Crippen LogP contribution is 2.47. The first kappa shape index (κ1) is 25.2. The van der Waals surface area contributed by atoms with Crippen molar-refractivity contribution in [3.05, 3.63) is 125 Å². The Hall–Kier alpha value is -4.42. The molecule has 1 fully saturated rings. The zero-order chi connectivity index (χ0) is 26.5. The van der Waals surface area contributed by atoms with E-state index in [0.717, 1.165) is 27.8 Å². The largest absolute Gasteiger partial charge is 0.489 e. The summed E-state index contributed by atoms with van der Waals surface area (Å²) in [5.41, 5.74) is 11.4. The molecule has 0 spiro atoms. The Morgan fingerprint density at radius 1 is 0.868 bits per heavy atom. The molecule has 0 saturated heterocycles. The quantitative estimate of drug-likeness (QED) is 0.266. The predicted octanol–water partition coefficient (Wildman–Crippen LogP) is 5.44. The van der Waals surface area contributed by atoms with Gasteiger partial charge in [0.1, 0.15) is 12.4 Å². The van der Waals surface area contributed by atoms with Gasteiger partial charge in [-0.25, -0.2) is 4.79 Å². The van der Waals surface area contributed by atoms with Gasteiger partial charge in [-0.05, 0) is 58.4 Å². The van der Waals surface area contributed by atoms with Gasteiger partial charge in [0.25, 0.3) is 0 Å². The van der Waals surface area contributed by atoms with Crippen LogP contribution in [-0.4, -0.2) is 17.0 Å². The molecule has 1 saturated carbocycles. The molecule has 0 heterocycles. The fraction of sp³-hybridized carbons (Fsp3) is 0.188. The van der Waals surface area contributed by atoms with Crippen LogP contribution in [0.3, 0.4) is 0 Å². The third-order valence-electron chi connectivity index (χ3n) is 6.94. The van der Waals surface area contributed by atoms with Gasteiger partial charge in [-0.3, -0.25) is 4.79 Å². The summed E-state index contributed by atoms with van der Waals surface area (Å²) >= 11 is 0. The highest BCUT2D eigenvalue weighted by Gasteiger charge is 2.45. The predicted molar refractivity (Wildman–Crippen MR) is 146 cm³/mol. The van der Waals surface area contributed by atoms with Crippen molar-refractivity contribution in [3.8, 4) is 16.9 Å². The fourth-order valence-corrected chi connectivity index (χ4v) is 4.81. The van der Waals surface area contributed by atoms with Crippen molar-refractivity contribution < 1.29 is 19.4 Å². The van der Waals surface area contributed by atoms with Gasteiger partial charge >= 0.3 is 5.97 Å². The second-order valence-corrected chi connectivity index (χ2v) is 9.57. The molecule has 3 unspecified atom stereocenters. The van der Waals surface area contributed by atoms with Gasteiger partial charge in [0, 0.05) is 18.0 Å². The Morgan fingerprint density at radius 2 is 1.53 bits per heavy atom. The summed E-state index contributed by atoms with van der Waals surface area (Å²) in [6.07, 6.45) is 0.713. The van der Waals surface area contributed by atoms with Crippen LogP contribution in [0, 0.1) is 5.92 Å². The molecule has 6 heteroatoms. The van der Waals surface area contributed by atoms with Crippen LogP contribution in [0.4, 0.5) is 0 Å². The van der Waals surface area contributed by atoms with Gasteiger partial charge in [0.2, 0.25) is 5.91 Å². The van der Waals surface area contributed by atoms with E-state index in [1.165, 1.54) is 0 Å². The standard InChI is InChI=1S/C32H30N2O4/c33-19-21-8-6-12-24(16-21)25-13-7-9-22(17-25)20-38-29-15-5-4-14-26(29)30(32(36)37)34-31(35)28-18-27(28)23-10-2-1-3-11-23/h1-17,27-28,30H,18-20,33H2,(H,34,35)(H,36,37). The number of carbonyl (C=O) groups is 2. The molecule has 3 atom stereocenters. The van der Waals surface area contributed by atoms with Gasteiger partial charge in [-0.15, -0.1) is 0 Å². The van der Waals surface area contributed by atoms with E-state index in [9.17, 15) is 14.7 Å². The third-order valence-corrected chi connectivity index (χ3v) is 6.94. The van der Waals surface area contributed by atoms with Gasteiger partial charge in [0.05, 0.1) is 0 Å². The van der Waals surface area contributed by atoms with Crippen LogP contribution in [0.25, 0.3) is 11.1 Å². The van der Waals surface area contributed by atoms with Gasteiger partial charge in [0.15, 0.2) is 6.04 Å². The summed E-state index contributed by atoms with van der Waals surface area (Å²) in [7, 11) is 0. The second kappa shape index (κ2) is 11.3. The molecule has 6 nitrogen and oxygen atoms in total. The van der Waals surface area contributed by atoms with Crippen molar-refractivity contribution in [1.82, 2.24) is 5.32 Å². The first-order valence-corrected chi connectivity index (χ1v) is 12.7. The number of benzene rings is 4. The normalized spacial score (nSPS) is 16.9. The Labute approximate surface area is 222 Å². The van der Waals surface area contributed by atoms with Crippen LogP contribution in [0.15, 0.2) is 103 Å². The third kappa shape index (κ3) is 5.76. The number of carboxylic acid groups (broad SMARTS) is 1. The van der Waals surface area contributed by atoms with E-state index in [4.69, 9.17) is 10.5 Å². The molecule has 1 aliphatic rings. The summed E-state index contributed by atoms with van der Waals surface area (Å²) in [6, 6.07) is 31.7. The number of rotatable bonds is 10. The summed E-state index contributed by atoms with van der Waals surface area (Å²) in [6.45, 7) is 0.725. The van der Waals surface area contributed by atoms with Crippen LogP contribution in [0.5, 0.6) is 5.75 Å². The molecule has 4 aromatic carbocycles. The second-order valence-electron chi connectivity index (χ2n) is 9.57. The lowest BCUT2D eigenvalue weighted by Crippen LogP contribution is -2.35. The SMILES string of the molecule is NCc1cccc(-c2cccc(COc3ccccc3C(NC(=O)C3CC3c3ccccc3)C(=O)O)c2)c1. The van der Waals surface area contributed by atoms with Crippen LogP contribution >= 0.6 is 0 Å². The maximum absolute atomic E-state index is 13.0. The number of hydrogen-bond donors (Lipinski definition) is 3. The van der Waals surface area contributed by atoms with E-state index in [2.05, 4.69) is 11.4 Å². The average molecular weight is 507 g/mol. The Morgan fingerprint density at radius 3 is 2.24 bits per heavy atom. The minimum Gasteiger partial charge on any atom is -0.489 e. The van der Waals surface area contributed by atoms with E-state index < -0.39 is 12.0 Å². The van der Waals surface area contributed by atoms with Crippen molar-refractivity contribution in [1.29, 1.82) is 0 Å². The molecule has 1 aliphatic carbocycles. The zero-order valence-corrected chi connectivity index (χ0v) is 20.9. The number of amides is 1. The van der Waals surface area contributed by atoms with E-state index in [1.807, 2.05) is 72.8 Å². The Bertz CT molecular complexity index is 1440. The molecule has 0 aliphatic heterocycles. The molecule has 4 aromatic rings. The van der Waals surface area contributed by atoms with E-state index >= 15 is 0 Å². The van der Waals surface area contributed by atoms with Gasteiger partial charge < -0.3 is 20.9 Å². The average Bonchev–Trinajstić information content (AvgIpc) is 3.77. The minimum atomic E-state index is -1.21. The van der Waals surface area contributed by atoms with Crippen LogP contribution < -0.4 is 15.8 Å². The molecule has 38 heavy (non-hydrogen) atoms. The highest BCUT2D eigenvalue weighted by molar-refractivity contribution is 5.88. The molecule has 0 aromatic heterocycles. The number of hydrogen-bond acceptors (Lipinski definition) is 4. The molecule has 0 radical (unpaired) electrons. The molecule has 192 valence electrons.